The Hall–Kier alpha value is -2.16. The van der Waals surface area contributed by atoms with E-state index in [-0.39, 0.29) is 17.2 Å². The summed E-state index contributed by atoms with van der Waals surface area (Å²) in [5.41, 5.74) is 2.89. The molecule has 0 spiro atoms. The number of fused-ring (bicyclic) bond motifs is 1. The van der Waals surface area contributed by atoms with Gasteiger partial charge in [0.15, 0.2) is 11.6 Å². The molecular formula is C18H21FN2O4S. The lowest BCUT2D eigenvalue weighted by Gasteiger charge is -2.16. The number of likely N-dealkylation sites (N-methyl/N-ethyl adjacent to an activating group) is 1. The van der Waals surface area contributed by atoms with Crippen molar-refractivity contribution in [2.45, 2.75) is 17.4 Å². The molecule has 140 valence electrons. The maximum absolute atomic E-state index is 13.7. The van der Waals surface area contributed by atoms with Crippen molar-refractivity contribution in [2.24, 2.45) is 0 Å². The average Bonchev–Trinajstić information content (AvgIpc) is 3.00. The van der Waals surface area contributed by atoms with Crippen LogP contribution in [0, 0.1) is 5.82 Å². The maximum Gasteiger partial charge on any atom is 0.240 e. The molecule has 0 saturated carbocycles. The van der Waals surface area contributed by atoms with Gasteiger partial charge in [0, 0.05) is 25.8 Å². The lowest BCUT2D eigenvalue weighted by Crippen LogP contribution is -2.28. The molecule has 0 saturated heterocycles. The Kier molecular flexibility index (Phi) is 5.17. The largest absolute Gasteiger partial charge is 0.494 e. The van der Waals surface area contributed by atoms with Gasteiger partial charge in [-0.15, -0.1) is 0 Å². The minimum atomic E-state index is -3.94. The van der Waals surface area contributed by atoms with E-state index in [1.54, 1.807) is 6.07 Å². The molecule has 6 nitrogen and oxygen atoms in total. The van der Waals surface area contributed by atoms with E-state index in [0.717, 1.165) is 30.3 Å². The van der Waals surface area contributed by atoms with E-state index >= 15 is 0 Å². The molecule has 0 amide bonds. The van der Waals surface area contributed by atoms with Gasteiger partial charge in [0.05, 0.1) is 18.1 Å². The third-order valence-corrected chi connectivity index (χ3v) is 5.94. The summed E-state index contributed by atoms with van der Waals surface area (Å²) in [4.78, 5) is 1.91. The fraction of sp³-hybridized carbons (Fsp3) is 0.333. The molecule has 8 heteroatoms. The number of rotatable bonds is 6. The molecule has 1 aliphatic rings. The van der Waals surface area contributed by atoms with Gasteiger partial charge < -0.3 is 14.7 Å². The SMILES string of the molecule is COc1ccc(S(=O)(=O)NCC(O)c2ccc3c(c2)CCN3C)cc1F. The molecule has 2 aromatic rings. The number of aliphatic hydroxyl groups is 1. The Morgan fingerprint density at radius 3 is 2.77 bits per heavy atom. The van der Waals surface area contributed by atoms with Crippen molar-refractivity contribution in [2.75, 3.05) is 32.1 Å². The number of hydrogen-bond acceptors (Lipinski definition) is 5. The molecule has 26 heavy (non-hydrogen) atoms. The second kappa shape index (κ2) is 7.22. The smallest absolute Gasteiger partial charge is 0.240 e. The number of halogens is 1. The molecule has 2 aromatic carbocycles. The predicted octanol–water partition coefficient (Wildman–Crippen LogP) is 1.84. The van der Waals surface area contributed by atoms with Crippen LogP contribution in [0.1, 0.15) is 17.2 Å². The number of nitrogens with one attached hydrogen (secondary N) is 1. The molecule has 1 atom stereocenters. The number of methoxy groups -OCH3 is 1. The van der Waals surface area contributed by atoms with E-state index in [1.165, 1.54) is 19.2 Å². The normalized spacial score (nSPS) is 15.0. The first kappa shape index (κ1) is 18.6. The summed E-state index contributed by atoms with van der Waals surface area (Å²) in [6.07, 6.45) is -0.104. The van der Waals surface area contributed by atoms with Crippen molar-refractivity contribution in [3.8, 4) is 5.75 Å². The zero-order valence-electron chi connectivity index (χ0n) is 14.6. The van der Waals surface area contributed by atoms with Gasteiger partial charge in [-0.25, -0.2) is 17.5 Å². The highest BCUT2D eigenvalue weighted by atomic mass is 32.2. The second-order valence-corrected chi connectivity index (χ2v) is 7.99. The maximum atomic E-state index is 13.7. The molecule has 1 unspecified atom stereocenters. The summed E-state index contributed by atoms with van der Waals surface area (Å²) in [6, 6.07) is 8.99. The number of aliphatic hydroxyl groups excluding tert-OH is 1. The molecule has 0 aromatic heterocycles. The van der Waals surface area contributed by atoms with E-state index in [9.17, 15) is 17.9 Å². The van der Waals surface area contributed by atoms with E-state index in [0.29, 0.717) is 5.56 Å². The predicted molar refractivity (Wildman–Crippen MR) is 96.5 cm³/mol. The van der Waals surface area contributed by atoms with E-state index < -0.39 is 21.9 Å². The highest BCUT2D eigenvalue weighted by Gasteiger charge is 2.21. The first-order valence-electron chi connectivity index (χ1n) is 8.17. The van der Waals surface area contributed by atoms with Gasteiger partial charge in [-0.3, -0.25) is 0 Å². The molecule has 0 bridgehead atoms. The molecule has 0 fully saturated rings. The summed E-state index contributed by atoms with van der Waals surface area (Å²) in [5, 5.41) is 10.3. The van der Waals surface area contributed by atoms with Gasteiger partial charge in [-0.05, 0) is 41.8 Å². The fourth-order valence-corrected chi connectivity index (χ4v) is 4.05. The zero-order chi connectivity index (χ0) is 18.9. The first-order chi connectivity index (χ1) is 12.3. The van der Waals surface area contributed by atoms with Crippen molar-refractivity contribution in [1.82, 2.24) is 4.72 Å². The minimum Gasteiger partial charge on any atom is -0.494 e. The molecule has 1 heterocycles. The topological polar surface area (TPSA) is 78.9 Å². The summed E-state index contributed by atoms with van der Waals surface area (Å²) in [6.45, 7) is 0.717. The standard InChI is InChI=1S/C18H21FN2O4S/c1-21-8-7-12-9-13(3-5-16(12)21)17(22)11-20-26(23,24)14-4-6-18(25-2)15(19)10-14/h3-6,9-10,17,20,22H,7-8,11H2,1-2H3. The zero-order valence-corrected chi connectivity index (χ0v) is 15.4. The van der Waals surface area contributed by atoms with Crippen LogP contribution in [-0.4, -0.2) is 40.8 Å². The Labute approximate surface area is 152 Å². The van der Waals surface area contributed by atoms with Gasteiger partial charge in [0.1, 0.15) is 0 Å². The summed E-state index contributed by atoms with van der Waals surface area (Å²) >= 11 is 0. The first-order valence-corrected chi connectivity index (χ1v) is 9.65. The lowest BCUT2D eigenvalue weighted by molar-refractivity contribution is 0.182. The monoisotopic (exact) mass is 380 g/mol. The number of anilines is 1. The van der Waals surface area contributed by atoms with Crippen molar-refractivity contribution in [3.63, 3.8) is 0 Å². The number of ether oxygens (including phenoxy) is 1. The van der Waals surface area contributed by atoms with Crippen LogP contribution < -0.4 is 14.4 Å². The van der Waals surface area contributed by atoms with Crippen LogP contribution in [0.2, 0.25) is 0 Å². The molecule has 2 N–H and O–H groups in total. The van der Waals surface area contributed by atoms with Crippen LogP contribution in [0.15, 0.2) is 41.3 Å². The summed E-state index contributed by atoms with van der Waals surface area (Å²) in [5.74, 6) is -0.800. The highest BCUT2D eigenvalue weighted by Crippen LogP contribution is 2.29. The van der Waals surface area contributed by atoms with Gasteiger partial charge in [-0.2, -0.15) is 0 Å². The second-order valence-electron chi connectivity index (χ2n) is 6.22. The van der Waals surface area contributed by atoms with Crippen LogP contribution in [0.3, 0.4) is 0 Å². The van der Waals surface area contributed by atoms with Gasteiger partial charge in [0.2, 0.25) is 10.0 Å². The third-order valence-electron chi connectivity index (χ3n) is 4.52. The van der Waals surface area contributed by atoms with Gasteiger partial charge in [0.25, 0.3) is 0 Å². The van der Waals surface area contributed by atoms with E-state index in [1.807, 2.05) is 19.2 Å². The van der Waals surface area contributed by atoms with Crippen LogP contribution in [0.4, 0.5) is 10.1 Å². The van der Waals surface area contributed by atoms with E-state index in [2.05, 4.69) is 9.62 Å². The van der Waals surface area contributed by atoms with Gasteiger partial charge >= 0.3 is 0 Å². The molecule has 3 rings (SSSR count). The average molecular weight is 380 g/mol. The van der Waals surface area contributed by atoms with Crippen LogP contribution >= 0.6 is 0 Å². The van der Waals surface area contributed by atoms with Crippen molar-refractivity contribution >= 4 is 15.7 Å². The third kappa shape index (κ3) is 3.67. The Bertz CT molecular complexity index is 917. The van der Waals surface area contributed by atoms with Crippen LogP contribution in [0.5, 0.6) is 5.75 Å². The number of benzene rings is 2. The van der Waals surface area contributed by atoms with E-state index in [4.69, 9.17) is 4.74 Å². The molecular weight excluding hydrogens is 359 g/mol. The molecule has 0 radical (unpaired) electrons. The summed E-state index contributed by atoms with van der Waals surface area (Å²) < 4.78 is 45.5. The quantitative estimate of drug-likeness (QED) is 0.800. The Morgan fingerprint density at radius 2 is 2.08 bits per heavy atom. The number of hydrogen-bond donors (Lipinski definition) is 2. The fourth-order valence-electron chi connectivity index (χ4n) is 3.00. The number of nitrogens with zero attached hydrogens (tertiary/aromatic N) is 1. The van der Waals surface area contributed by atoms with Gasteiger partial charge in [-0.1, -0.05) is 12.1 Å². The lowest BCUT2D eigenvalue weighted by atomic mass is 10.0. The molecule has 0 aliphatic carbocycles. The number of sulfonamides is 1. The van der Waals surface area contributed by atoms with Crippen molar-refractivity contribution in [3.05, 3.63) is 53.3 Å². The van der Waals surface area contributed by atoms with Crippen molar-refractivity contribution in [1.29, 1.82) is 0 Å². The summed E-state index contributed by atoms with van der Waals surface area (Å²) in [7, 11) is -0.640. The Balaban J connectivity index is 1.70. The van der Waals surface area contributed by atoms with Crippen LogP contribution in [0.25, 0.3) is 0 Å². The van der Waals surface area contributed by atoms with Crippen LogP contribution in [-0.2, 0) is 16.4 Å². The highest BCUT2D eigenvalue weighted by molar-refractivity contribution is 7.89. The Morgan fingerprint density at radius 1 is 1.31 bits per heavy atom. The minimum absolute atomic E-state index is 0.0351. The molecule has 1 aliphatic heterocycles. The van der Waals surface area contributed by atoms with Crippen molar-refractivity contribution < 1.29 is 22.7 Å².